The van der Waals surface area contributed by atoms with Crippen molar-refractivity contribution in [2.24, 2.45) is 7.05 Å². The molecule has 1 N–H and O–H groups in total. The Kier molecular flexibility index (Phi) is 3.42. The SMILES string of the molecule is Cc1c(Nc2nc(-c3ccc(F)cc3F)cs2)cnn1C. The molecule has 0 bridgehead atoms. The van der Waals surface area contributed by atoms with Crippen molar-refractivity contribution >= 4 is 22.2 Å². The molecule has 2 heterocycles. The van der Waals surface area contributed by atoms with E-state index in [2.05, 4.69) is 15.4 Å². The van der Waals surface area contributed by atoms with Crippen LogP contribution >= 0.6 is 11.3 Å². The number of thiazole rings is 1. The number of hydrogen-bond donors (Lipinski definition) is 1. The summed E-state index contributed by atoms with van der Waals surface area (Å²) in [5, 5.41) is 9.63. The molecular formula is C14H12F2N4S. The number of aromatic nitrogens is 3. The molecule has 1 aromatic carbocycles. The minimum Gasteiger partial charge on any atom is -0.329 e. The number of halogens is 2. The molecule has 0 spiro atoms. The van der Waals surface area contributed by atoms with Gasteiger partial charge in [-0.15, -0.1) is 11.3 Å². The van der Waals surface area contributed by atoms with Gasteiger partial charge in [0.05, 0.1) is 23.3 Å². The van der Waals surface area contributed by atoms with Crippen LogP contribution in [0.5, 0.6) is 0 Å². The molecule has 108 valence electrons. The highest BCUT2D eigenvalue weighted by Gasteiger charge is 2.11. The van der Waals surface area contributed by atoms with Crippen molar-refractivity contribution < 1.29 is 8.78 Å². The number of rotatable bonds is 3. The van der Waals surface area contributed by atoms with Crippen LogP contribution in [-0.2, 0) is 7.05 Å². The molecule has 0 radical (unpaired) electrons. The van der Waals surface area contributed by atoms with Gasteiger partial charge in [0.2, 0.25) is 0 Å². The number of nitrogens with one attached hydrogen (secondary N) is 1. The van der Waals surface area contributed by atoms with Crippen molar-refractivity contribution in [2.75, 3.05) is 5.32 Å². The van der Waals surface area contributed by atoms with Crippen molar-refractivity contribution in [3.05, 3.63) is 47.1 Å². The first-order valence-electron chi connectivity index (χ1n) is 6.21. The molecule has 0 saturated heterocycles. The molecule has 0 aliphatic heterocycles. The second kappa shape index (κ2) is 5.25. The minimum absolute atomic E-state index is 0.281. The van der Waals surface area contributed by atoms with Crippen LogP contribution in [0.3, 0.4) is 0 Å². The number of hydrogen-bond acceptors (Lipinski definition) is 4. The second-order valence-electron chi connectivity index (χ2n) is 4.55. The van der Waals surface area contributed by atoms with Crippen molar-refractivity contribution in [1.82, 2.24) is 14.8 Å². The molecule has 0 aliphatic carbocycles. The molecule has 0 fully saturated rings. The predicted molar refractivity (Wildman–Crippen MR) is 78.7 cm³/mol. The molecule has 0 aliphatic rings. The second-order valence-corrected chi connectivity index (χ2v) is 5.41. The molecule has 21 heavy (non-hydrogen) atoms. The van der Waals surface area contributed by atoms with Gasteiger partial charge < -0.3 is 5.32 Å². The Labute approximate surface area is 124 Å². The topological polar surface area (TPSA) is 42.7 Å². The molecule has 7 heteroatoms. The lowest BCUT2D eigenvalue weighted by atomic mass is 10.1. The van der Waals surface area contributed by atoms with Gasteiger partial charge >= 0.3 is 0 Å². The average molecular weight is 306 g/mol. The van der Waals surface area contributed by atoms with E-state index >= 15 is 0 Å². The van der Waals surface area contributed by atoms with Crippen LogP contribution in [0, 0.1) is 18.6 Å². The molecule has 0 saturated carbocycles. The van der Waals surface area contributed by atoms with Crippen LogP contribution in [0.2, 0.25) is 0 Å². The molecule has 4 nitrogen and oxygen atoms in total. The van der Waals surface area contributed by atoms with E-state index in [1.54, 1.807) is 16.3 Å². The van der Waals surface area contributed by atoms with Gasteiger partial charge in [-0.2, -0.15) is 5.10 Å². The standard InChI is InChI=1S/C14H12F2N4S/c1-8-12(6-17-20(8)2)18-14-19-13(7-21-14)10-4-3-9(15)5-11(10)16/h3-7H,1-2H3,(H,18,19). The summed E-state index contributed by atoms with van der Waals surface area (Å²) in [4.78, 5) is 4.32. The van der Waals surface area contributed by atoms with Crippen LogP contribution in [0.15, 0.2) is 29.8 Å². The summed E-state index contributed by atoms with van der Waals surface area (Å²) in [6, 6.07) is 3.46. The zero-order valence-electron chi connectivity index (χ0n) is 11.4. The number of benzene rings is 1. The maximum absolute atomic E-state index is 13.7. The summed E-state index contributed by atoms with van der Waals surface area (Å²) in [6.45, 7) is 1.93. The van der Waals surface area contributed by atoms with Crippen molar-refractivity contribution in [3.8, 4) is 11.3 Å². The third kappa shape index (κ3) is 2.64. The number of nitrogens with zero attached hydrogens (tertiary/aromatic N) is 3. The summed E-state index contributed by atoms with van der Waals surface area (Å²) in [6.07, 6.45) is 1.70. The van der Waals surface area contributed by atoms with E-state index in [4.69, 9.17) is 0 Å². The number of anilines is 2. The maximum atomic E-state index is 13.7. The van der Waals surface area contributed by atoms with Gasteiger partial charge in [-0.25, -0.2) is 13.8 Å². The van der Waals surface area contributed by atoms with Gasteiger partial charge in [-0.1, -0.05) is 0 Å². The van der Waals surface area contributed by atoms with Gasteiger partial charge in [0, 0.05) is 24.1 Å². The first-order valence-corrected chi connectivity index (χ1v) is 7.09. The number of aryl methyl sites for hydroxylation is 1. The van der Waals surface area contributed by atoms with Crippen LogP contribution in [0.4, 0.5) is 19.6 Å². The maximum Gasteiger partial charge on any atom is 0.187 e. The smallest absolute Gasteiger partial charge is 0.187 e. The first-order chi connectivity index (χ1) is 10.0. The average Bonchev–Trinajstić information content (AvgIpc) is 3.01. The van der Waals surface area contributed by atoms with Gasteiger partial charge in [0.15, 0.2) is 5.13 Å². The fraction of sp³-hybridized carbons (Fsp3) is 0.143. The Morgan fingerprint density at radius 2 is 2.10 bits per heavy atom. The highest BCUT2D eigenvalue weighted by atomic mass is 32.1. The molecule has 0 amide bonds. The first kappa shape index (κ1) is 13.7. The van der Waals surface area contributed by atoms with Crippen LogP contribution in [-0.4, -0.2) is 14.8 Å². The Morgan fingerprint density at radius 1 is 1.29 bits per heavy atom. The van der Waals surface area contributed by atoms with E-state index in [0.717, 1.165) is 17.4 Å². The normalized spacial score (nSPS) is 10.9. The lowest BCUT2D eigenvalue weighted by Gasteiger charge is -2.01. The minimum atomic E-state index is -0.621. The molecular weight excluding hydrogens is 294 g/mol. The predicted octanol–water partition coefficient (Wildman–Crippen LogP) is 3.87. The summed E-state index contributed by atoms with van der Waals surface area (Å²) >= 11 is 1.35. The van der Waals surface area contributed by atoms with E-state index in [0.29, 0.717) is 10.8 Å². The van der Waals surface area contributed by atoms with Gasteiger partial charge in [0.1, 0.15) is 11.6 Å². The summed E-state index contributed by atoms with van der Waals surface area (Å²) in [5.74, 6) is -1.22. The zero-order chi connectivity index (χ0) is 15.0. The highest BCUT2D eigenvalue weighted by molar-refractivity contribution is 7.14. The van der Waals surface area contributed by atoms with Crippen LogP contribution < -0.4 is 5.32 Å². The summed E-state index contributed by atoms with van der Waals surface area (Å²) in [7, 11) is 1.85. The van der Waals surface area contributed by atoms with E-state index in [1.165, 1.54) is 23.5 Å². The van der Waals surface area contributed by atoms with Crippen LogP contribution in [0.1, 0.15) is 5.69 Å². The molecule has 3 aromatic rings. The fourth-order valence-corrected chi connectivity index (χ4v) is 2.61. The van der Waals surface area contributed by atoms with Crippen LogP contribution in [0.25, 0.3) is 11.3 Å². The van der Waals surface area contributed by atoms with Crippen molar-refractivity contribution in [1.29, 1.82) is 0 Å². The summed E-state index contributed by atoms with van der Waals surface area (Å²) < 4.78 is 28.4. The Hall–Kier alpha value is -2.28. The lowest BCUT2D eigenvalue weighted by Crippen LogP contribution is -1.95. The largest absolute Gasteiger partial charge is 0.329 e. The van der Waals surface area contributed by atoms with Gasteiger partial charge in [-0.05, 0) is 19.1 Å². The van der Waals surface area contributed by atoms with Gasteiger partial charge in [-0.3, -0.25) is 4.68 Å². The highest BCUT2D eigenvalue weighted by Crippen LogP contribution is 2.29. The summed E-state index contributed by atoms with van der Waals surface area (Å²) in [5.41, 5.74) is 2.57. The van der Waals surface area contributed by atoms with E-state index in [1.807, 2.05) is 14.0 Å². The molecule has 0 unspecified atom stereocenters. The third-order valence-corrected chi connectivity index (χ3v) is 3.95. The molecule has 0 atom stereocenters. The quantitative estimate of drug-likeness (QED) is 0.798. The lowest BCUT2D eigenvalue weighted by molar-refractivity contribution is 0.585. The fourth-order valence-electron chi connectivity index (χ4n) is 1.89. The Balaban J connectivity index is 1.88. The zero-order valence-corrected chi connectivity index (χ0v) is 12.2. The molecule has 2 aromatic heterocycles. The van der Waals surface area contributed by atoms with Crippen molar-refractivity contribution in [3.63, 3.8) is 0 Å². The van der Waals surface area contributed by atoms with E-state index < -0.39 is 11.6 Å². The third-order valence-electron chi connectivity index (χ3n) is 3.19. The Bertz CT molecular complexity index is 794. The Morgan fingerprint density at radius 3 is 2.76 bits per heavy atom. The monoisotopic (exact) mass is 306 g/mol. The van der Waals surface area contributed by atoms with E-state index in [9.17, 15) is 8.78 Å². The van der Waals surface area contributed by atoms with Gasteiger partial charge in [0.25, 0.3) is 0 Å². The van der Waals surface area contributed by atoms with Crippen molar-refractivity contribution in [2.45, 2.75) is 6.92 Å². The molecule has 3 rings (SSSR count). The van der Waals surface area contributed by atoms with E-state index in [-0.39, 0.29) is 5.56 Å².